The lowest BCUT2D eigenvalue weighted by Gasteiger charge is -2.28. The van der Waals surface area contributed by atoms with Crippen LogP contribution >= 0.6 is 11.6 Å². The molecule has 28 heavy (non-hydrogen) atoms. The second-order valence-corrected chi connectivity index (χ2v) is 7.47. The second-order valence-electron chi connectivity index (χ2n) is 7.04. The Kier molecular flexibility index (Phi) is 7.18. The standard InChI is InChI=1S/C22H27ClN2O3/c1-16-12-18(23)8-9-21(16)28-15-22(26)24-14-20(25-10-3-4-11-25)17-6-5-7-19(13-17)27-2/h5-9,12-13,20H,3-4,10-11,14-15H2,1-2H3,(H,24,26). The van der Waals surface area contributed by atoms with Crippen LogP contribution in [0.25, 0.3) is 0 Å². The number of rotatable bonds is 8. The molecule has 3 rings (SSSR count). The minimum absolute atomic E-state index is 0.0205. The van der Waals surface area contributed by atoms with Crippen LogP contribution in [0.3, 0.4) is 0 Å². The predicted molar refractivity (Wildman–Crippen MR) is 111 cm³/mol. The van der Waals surface area contributed by atoms with E-state index in [0.29, 0.717) is 17.3 Å². The van der Waals surface area contributed by atoms with E-state index in [1.54, 1.807) is 19.2 Å². The number of ether oxygens (including phenoxy) is 2. The molecule has 1 aliphatic rings. The van der Waals surface area contributed by atoms with Crippen molar-refractivity contribution in [3.8, 4) is 11.5 Å². The molecule has 5 nitrogen and oxygen atoms in total. The van der Waals surface area contributed by atoms with E-state index in [2.05, 4.69) is 16.3 Å². The summed E-state index contributed by atoms with van der Waals surface area (Å²) in [7, 11) is 1.67. The van der Waals surface area contributed by atoms with Crippen molar-refractivity contribution in [1.82, 2.24) is 10.2 Å². The zero-order valence-electron chi connectivity index (χ0n) is 16.4. The molecule has 1 unspecified atom stereocenters. The molecular formula is C22H27ClN2O3. The highest BCUT2D eigenvalue weighted by molar-refractivity contribution is 6.30. The van der Waals surface area contributed by atoms with Crippen molar-refractivity contribution in [3.05, 3.63) is 58.6 Å². The third-order valence-corrected chi connectivity index (χ3v) is 5.28. The third kappa shape index (κ3) is 5.40. The third-order valence-electron chi connectivity index (χ3n) is 5.05. The van der Waals surface area contributed by atoms with E-state index >= 15 is 0 Å². The molecule has 6 heteroatoms. The predicted octanol–water partition coefficient (Wildman–Crippen LogP) is 3.99. The summed E-state index contributed by atoms with van der Waals surface area (Å²) < 4.78 is 11.0. The topological polar surface area (TPSA) is 50.8 Å². The average molecular weight is 403 g/mol. The molecule has 2 aromatic carbocycles. The summed E-state index contributed by atoms with van der Waals surface area (Å²) in [6, 6.07) is 13.5. The van der Waals surface area contributed by atoms with Gasteiger partial charge in [0.25, 0.3) is 5.91 Å². The maximum absolute atomic E-state index is 12.4. The van der Waals surface area contributed by atoms with Gasteiger partial charge in [0.05, 0.1) is 13.2 Å². The number of aryl methyl sites for hydroxylation is 1. The van der Waals surface area contributed by atoms with Crippen molar-refractivity contribution >= 4 is 17.5 Å². The monoisotopic (exact) mass is 402 g/mol. The Labute approximate surface area is 171 Å². The first-order valence-corrected chi connectivity index (χ1v) is 9.98. The normalized spacial score (nSPS) is 15.2. The fourth-order valence-corrected chi connectivity index (χ4v) is 3.77. The van der Waals surface area contributed by atoms with Gasteiger partial charge >= 0.3 is 0 Å². The number of carbonyl (C=O) groups excluding carboxylic acids is 1. The number of hydrogen-bond donors (Lipinski definition) is 1. The molecule has 2 aromatic rings. The Morgan fingerprint density at radius 2 is 2.00 bits per heavy atom. The first kappa shape index (κ1) is 20.5. The number of amides is 1. The number of likely N-dealkylation sites (tertiary alicyclic amines) is 1. The molecule has 1 heterocycles. The molecule has 1 N–H and O–H groups in total. The van der Waals surface area contributed by atoms with E-state index in [0.717, 1.165) is 30.0 Å². The Morgan fingerprint density at radius 3 is 2.71 bits per heavy atom. The van der Waals surface area contributed by atoms with E-state index in [1.807, 2.05) is 31.2 Å². The Hall–Kier alpha value is -2.24. The zero-order chi connectivity index (χ0) is 19.9. The molecule has 0 aliphatic carbocycles. The van der Waals surface area contributed by atoms with Crippen molar-refractivity contribution in [2.75, 3.05) is 33.4 Å². The molecule has 1 fully saturated rings. The average Bonchev–Trinajstić information content (AvgIpc) is 3.22. The van der Waals surface area contributed by atoms with Gasteiger partial charge in [-0.15, -0.1) is 0 Å². The molecule has 0 saturated carbocycles. The van der Waals surface area contributed by atoms with Crippen molar-refractivity contribution < 1.29 is 14.3 Å². The van der Waals surface area contributed by atoms with Crippen LogP contribution < -0.4 is 14.8 Å². The summed E-state index contributed by atoms with van der Waals surface area (Å²) in [6.07, 6.45) is 2.38. The van der Waals surface area contributed by atoms with Crippen LogP contribution in [0.1, 0.15) is 30.0 Å². The molecule has 1 atom stereocenters. The van der Waals surface area contributed by atoms with Gasteiger partial charge in [-0.1, -0.05) is 23.7 Å². The molecule has 0 bridgehead atoms. The number of nitrogens with one attached hydrogen (secondary N) is 1. The summed E-state index contributed by atoms with van der Waals surface area (Å²) in [4.78, 5) is 14.8. The summed E-state index contributed by atoms with van der Waals surface area (Å²) in [5, 5.41) is 3.68. The number of hydrogen-bond acceptors (Lipinski definition) is 4. The van der Waals surface area contributed by atoms with Gasteiger partial charge in [0.15, 0.2) is 6.61 Å². The quantitative estimate of drug-likeness (QED) is 0.725. The molecule has 0 spiro atoms. The molecule has 1 amide bonds. The molecule has 0 aromatic heterocycles. The van der Waals surface area contributed by atoms with Gasteiger partial charge in [-0.3, -0.25) is 9.69 Å². The Morgan fingerprint density at radius 1 is 1.21 bits per heavy atom. The summed E-state index contributed by atoms with van der Waals surface area (Å²) in [6.45, 7) is 4.50. The van der Waals surface area contributed by atoms with E-state index in [-0.39, 0.29) is 18.6 Å². The number of methoxy groups -OCH3 is 1. The van der Waals surface area contributed by atoms with Gasteiger partial charge in [0.1, 0.15) is 11.5 Å². The largest absolute Gasteiger partial charge is 0.497 e. The first-order chi connectivity index (χ1) is 13.6. The molecule has 0 radical (unpaired) electrons. The smallest absolute Gasteiger partial charge is 0.258 e. The number of carbonyl (C=O) groups is 1. The van der Waals surface area contributed by atoms with Crippen LogP contribution in [0.2, 0.25) is 5.02 Å². The van der Waals surface area contributed by atoms with E-state index in [1.165, 1.54) is 12.8 Å². The highest BCUT2D eigenvalue weighted by Gasteiger charge is 2.24. The lowest BCUT2D eigenvalue weighted by atomic mass is 10.0. The SMILES string of the molecule is COc1cccc(C(CNC(=O)COc2ccc(Cl)cc2C)N2CCCC2)c1. The maximum atomic E-state index is 12.4. The van der Waals surface area contributed by atoms with Gasteiger partial charge in [-0.25, -0.2) is 0 Å². The van der Waals surface area contributed by atoms with Gasteiger partial charge in [-0.05, 0) is 74.3 Å². The lowest BCUT2D eigenvalue weighted by Crippen LogP contribution is -2.38. The van der Waals surface area contributed by atoms with Gasteiger partial charge in [-0.2, -0.15) is 0 Å². The van der Waals surface area contributed by atoms with Crippen LogP contribution in [0.4, 0.5) is 0 Å². The minimum Gasteiger partial charge on any atom is -0.497 e. The van der Waals surface area contributed by atoms with Crippen molar-refractivity contribution in [3.63, 3.8) is 0 Å². The summed E-state index contributed by atoms with van der Waals surface area (Å²) in [5.74, 6) is 1.36. The highest BCUT2D eigenvalue weighted by atomic mass is 35.5. The van der Waals surface area contributed by atoms with E-state index < -0.39 is 0 Å². The minimum atomic E-state index is -0.138. The van der Waals surface area contributed by atoms with E-state index in [9.17, 15) is 4.79 Å². The fourth-order valence-electron chi connectivity index (χ4n) is 3.54. The Balaban J connectivity index is 1.60. The summed E-state index contributed by atoms with van der Waals surface area (Å²) in [5.41, 5.74) is 2.06. The molecule has 1 aliphatic heterocycles. The van der Waals surface area contributed by atoms with Crippen LogP contribution in [-0.2, 0) is 4.79 Å². The Bertz CT molecular complexity index is 806. The van der Waals surface area contributed by atoms with Crippen molar-refractivity contribution in [2.45, 2.75) is 25.8 Å². The van der Waals surface area contributed by atoms with Crippen LogP contribution in [0, 0.1) is 6.92 Å². The van der Waals surface area contributed by atoms with Crippen LogP contribution in [0.5, 0.6) is 11.5 Å². The van der Waals surface area contributed by atoms with Crippen LogP contribution in [-0.4, -0.2) is 44.2 Å². The second kappa shape index (κ2) is 9.80. The van der Waals surface area contributed by atoms with Crippen LogP contribution in [0.15, 0.2) is 42.5 Å². The summed E-state index contributed by atoms with van der Waals surface area (Å²) >= 11 is 5.96. The fraction of sp³-hybridized carbons (Fsp3) is 0.409. The molecule has 1 saturated heterocycles. The van der Waals surface area contributed by atoms with E-state index in [4.69, 9.17) is 21.1 Å². The van der Waals surface area contributed by atoms with Gasteiger partial charge < -0.3 is 14.8 Å². The number of benzene rings is 2. The number of halogens is 1. The highest BCUT2D eigenvalue weighted by Crippen LogP contribution is 2.27. The first-order valence-electron chi connectivity index (χ1n) is 9.60. The van der Waals surface area contributed by atoms with Gasteiger partial charge in [0, 0.05) is 11.6 Å². The number of nitrogens with zero attached hydrogens (tertiary/aromatic N) is 1. The molecular weight excluding hydrogens is 376 g/mol. The lowest BCUT2D eigenvalue weighted by molar-refractivity contribution is -0.123. The molecule has 150 valence electrons. The van der Waals surface area contributed by atoms with Crippen molar-refractivity contribution in [1.29, 1.82) is 0 Å². The van der Waals surface area contributed by atoms with Crippen molar-refractivity contribution in [2.24, 2.45) is 0 Å². The van der Waals surface area contributed by atoms with Gasteiger partial charge in [0.2, 0.25) is 0 Å². The zero-order valence-corrected chi connectivity index (χ0v) is 17.2. The maximum Gasteiger partial charge on any atom is 0.258 e.